The quantitative estimate of drug-likeness (QED) is 0.828. The number of rotatable bonds is 4. The Hall–Kier alpha value is -2.74. The fourth-order valence-corrected chi connectivity index (χ4v) is 3.52. The summed E-state index contributed by atoms with van der Waals surface area (Å²) in [5, 5.41) is 23.5. The van der Waals surface area contributed by atoms with Crippen molar-refractivity contribution in [1.29, 1.82) is 0 Å². The van der Waals surface area contributed by atoms with E-state index in [1.807, 2.05) is 6.92 Å². The number of benzene rings is 1. The summed E-state index contributed by atoms with van der Waals surface area (Å²) in [6.45, 7) is 7.17. The summed E-state index contributed by atoms with van der Waals surface area (Å²) in [7, 11) is 0. The molecule has 28 heavy (non-hydrogen) atoms. The van der Waals surface area contributed by atoms with Crippen LogP contribution in [0.5, 0.6) is 0 Å². The molecule has 150 valence electrons. The van der Waals surface area contributed by atoms with Gasteiger partial charge in [-0.15, -0.1) is 0 Å². The molecule has 2 heterocycles. The highest BCUT2D eigenvalue weighted by atomic mass is 16.5. The van der Waals surface area contributed by atoms with E-state index < -0.39 is 11.6 Å². The van der Waals surface area contributed by atoms with Crippen LogP contribution < -0.4 is 0 Å². The van der Waals surface area contributed by atoms with Gasteiger partial charge in [-0.2, -0.15) is 4.98 Å². The number of likely N-dealkylation sites (tertiary alicyclic amines) is 1. The summed E-state index contributed by atoms with van der Waals surface area (Å²) in [6, 6.07) is 4.78. The number of hydrogen-bond acceptors (Lipinski definition) is 6. The van der Waals surface area contributed by atoms with Gasteiger partial charge in [-0.25, -0.2) is 4.79 Å². The molecule has 2 aromatic rings. The third kappa shape index (κ3) is 3.77. The minimum Gasteiger partial charge on any atom is -0.478 e. The number of carbonyl (C=O) groups is 2. The van der Waals surface area contributed by atoms with Gasteiger partial charge < -0.3 is 19.6 Å². The summed E-state index contributed by atoms with van der Waals surface area (Å²) in [5.74, 6) is -0.992. The minimum absolute atomic E-state index is 0.00296. The van der Waals surface area contributed by atoms with E-state index in [4.69, 9.17) is 4.52 Å². The van der Waals surface area contributed by atoms with E-state index in [1.54, 1.807) is 37.8 Å². The standard InChI is InChI=1S/C20H25N3O5/c1-11-6-5-7-14(18(25)26)15(11)17(24)23-10-13(9-8-12(23)2)16-21-19(28-22-16)20(3,4)27/h5-7,12-13,27H,8-10H2,1-4H3,(H,25,26)/t12-,13-/m1/s1. The van der Waals surface area contributed by atoms with Crippen LogP contribution in [0.3, 0.4) is 0 Å². The van der Waals surface area contributed by atoms with Crippen molar-refractivity contribution in [3.63, 3.8) is 0 Å². The molecule has 1 amide bonds. The number of carboxylic acid groups (broad SMARTS) is 1. The maximum absolute atomic E-state index is 13.3. The maximum Gasteiger partial charge on any atom is 0.336 e. The molecule has 1 aliphatic heterocycles. The SMILES string of the molecule is Cc1cccc(C(=O)O)c1C(=O)N1C[C@H](c2noc(C(C)(C)O)n2)CC[C@H]1C. The summed E-state index contributed by atoms with van der Waals surface area (Å²) in [6.07, 6.45) is 1.51. The van der Waals surface area contributed by atoms with Crippen molar-refractivity contribution in [2.75, 3.05) is 6.54 Å². The molecule has 1 aromatic heterocycles. The van der Waals surface area contributed by atoms with Crippen LogP contribution in [0, 0.1) is 6.92 Å². The number of aliphatic hydroxyl groups is 1. The van der Waals surface area contributed by atoms with Crippen molar-refractivity contribution in [3.05, 3.63) is 46.6 Å². The maximum atomic E-state index is 13.3. The molecule has 1 fully saturated rings. The van der Waals surface area contributed by atoms with E-state index in [1.165, 1.54) is 6.07 Å². The molecule has 0 aliphatic carbocycles. The molecule has 1 aliphatic rings. The van der Waals surface area contributed by atoms with Gasteiger partial charge in [0.1, 0.15) is 5.60 Å². The highest BCUT2D eigenvalue weighted by Gasteiger charge is 2.35. The molecule has 2 N–H and O–H groups in total. The second-order valence-corrected chi connectivity index (χ2v) is 7.90. The van der Waals surface area contributed by atoms with Crippen LogP contribution in [0.4, 0.5) is 0 Å². The summed E-state index contributed by atoms with van der Waals surface area (Å²) in [4.78, 5) is 30.8. The number of amides is 1. The minimum atomic E-state index is -1.24. The zero-order valence-electron chi connectivity index (χ0n) is 16.5. The Bertz CT molecular complexity index is 899. The van der Waals surface area contributed by atoms with Crippen LogP contribution in [-0.2, 0) is 5.60 Å². The first-order valence-electron chi connectivity index (χ1n) is 9.30. The number of hydrogen-bond donors (Lipinski definition) is 2. The average Bonchev–Trinajstić information content (AvgIpc) is 3.12. The fourth-order valence-electron chi connectivity index (χ4n) is 3.52. The van der Waals surface area contributed by atoms with Crippen LogP contribution in [0.2, 0.25) is 0 Å². The first-order chi connectivity index (χ1) is 13.1. The molecule has 1 aromatic carbocycles. The van der Waals surface area contributed by atoms with Crippen LogP contribution in [0.15, 0.2) is 22.7 Å². The normalized spacial score (nSPS) is 20.2. The van der Waals surface area contributed by atoms with E-state index in [2.05, 4.69) is 10.1 Å². The third-order valence-corrected chi connectivity index (χ3v) is 5.19. The van der Waals surface area contributed by atoms with Gasteiger partial charge in [0.05, 0.1) is 11.1 Å². The topological polar surface area (TPSA) is 117 Å². The summed E-state index contributed by atoms with van der Waals surface area (Å²) in [5.41, 5.74) is -0.389. The van der Waals surface area contributed by atoms with Crippen molar-refractivity contribution in [1.82, 2.24) is 15.0 Å². The van der Waals surface area contributed by atoms with E-state index in [9.17, 15) is 19.8 Å². The van der Waals surface area contributed by atoms with Crippen molar-refractivity contribution in [2.45, 2.75) is 58.1 Å². The zero-order valence-corrected chi connectivity index (χ0v) is 16.5. The van der Waals surface area contributed by atoms with Crippen LogP contribution in [-0.4, -0.2) is 49.7 Å². The van der Waals surface area contributed by atoms with Crippen LogP contribution >= 0.6 is 0 Å². The molecular formula is C20H25N3O5. The van der Waals surface area contributed by atoms with Gasteiger partial charge in [-0.3, -0.25) is 4.79 Å². The molecule has 2 atom stereocenters. The average molecular weight is 387 g/mol. The zero-order chi connectivity index (χ0) is 20.6. The second kappa shape index (κ2) is 7.35. The number of aryl methyl sites for hydroxylation is 1. The molecule has 0 unspecified atom stereocenters. The van der Waals surface area contributed by atoms with Gasteiger partial charge in [-0.05, 0) is 52.2 Å². The summed E-state index contributed by atoms with van der Waals surface area (Å²) < 4.78 is 5.17. The van der Waals surface area contributed by atoms with Gasteiger partial charge in [0.25, 0.3) is 11.8 Å². The van der Waals surface area contributed by atoms with Gasteiger partial charge in [0, 0.05) is 18.5 Å². The fraction of sp³-hybridized carbons (Fsp3) is 0.500. The molecule has 8 heteroatoms. The van der Waals surface area contributed by atoms with Crippen molar-refractivity contribution in [3.8, 4) is 0 Å². The Kier molecular flexibility index (Phi) is 5.25. The van der Waals surface area contributed by atoms with E-state index >= 15 is 0 Å². The van der Waals surface area contributed by atoms with Gasteiger partial charge in [-0.1, -0.05) is 17.3 Å². The monoisotopic (exact) mass is 387 g/mol. The Morgan fingerprint density at radius 3 is 2.61 bits per heavy atom. The number of aromatic nitrogens is 2. The van der Waals surface area contributed by atoms with E-state index in [-0.39, 0.29) is 34.9 Å². The molecule has 1 saturated heterocycles. The Morgan fingerprint density at radius 1 is 1.29 bits per heavy atom. The lowest BCUT2D eigenvalue weighted by Gasteiger charge is -2.37. The molecule has 8 nitrogen and oxygen atoms in total. The first-order valence-corrected chi connectivity index (χ1v) is 9.30. The number of carbonyl (C=O) groups excluding carboxylic acids is 1. The molecular weight excluding hydrogens is 362 g/mol. The van der Waals surface area contributed by atoms with E-state index in [0.717, 1.165) is 12.8 Å². The van der Waals surface area contributed by atoms with Gasteiger partial charge >= 0.3 is 5.97 Å². The lowest BCUT2D eigenvalue weighted by Crippen LogP contribution is -2.45. The molecule has 0 saturated carbocycles. The largest absolute Gasteiger partial charge is 0.478 e. The highest BCUT2D eigenvalue weighted by Crippen LogP contribution is 2.31. The first kappa shape index (κ1) is 20.0. The van der Waals surface area contributed by atoms with Gasteiger partial charge in [0.15, 0.2) is 5.82 Å². The smallest absolute Gasteiger partial charge is 0.336 e. The predicted octanol–water partition coefficient (Wildman–Crippen LogP) is 2.71. The Morgan fingerprint density at radius 2 is 2.00 bits per heavy atom. The molecule has 0 spiro atoms. The van der Waals surface area contributed by atoms with Crippen molar-refractivity contribution < 1.29 is 24.3 Å². The van der Waals surface area contributed by atoms with Crippen molar-refractivity contribution >= 4 is 11.9 Å². The molecule has 0 radical (unpaired) electrons. The number of aromatic carboxylic acids is 1. The lowest BCUT2D eigenvalue weighted by molar-refractivity contribution is 0.0420. The molecule has 3 rings (SSSR count). The second-order valence-electron chi connectivity index (χ2n) is 7.90. The van der Waals surface area contributed by atoms with Crippen LogP contribution in [0.1, 0.15) is 77.5 Å². The third-order valence-electron chi connectivity index (χ3n) is 5.19. The lowest BCUT2D eigenvalue weighted by atomic mass is 9.91. The predicted molar refractivity (Wildman–Crippen MR) is 100 cm³/mol. The van der Waals surface area contributed by atoms with Crippen LogP contribution in [0.25, 0.3) is 0 Å². The Balaban J connectivity index is 1.89. The van der Waals surface area contributed by atoms with Gasteiger partial charge in [0.2, 0.25) is 0 Å². The summed E-state index contributed by atoms with van der Waals surface area (Å²) >= 11 is 0. The number of carboxylic acids is 1. The number of piperidine rings is 1. The molecule has 0 bridgehead atoms. The number of nitrogens with zero attached hydrogens (tertiary/aromatic N) is 3. The van der Waals surface area contributed by atoms with Crippen molar-refractivity contribution in [2.24, 2.45) is 0 Å². The van der Waals surface area contributed by atoms with E-state index in [0.29, 0.717) is 17.9 Å². The highest BCUT2D eigenvalue weighted by molar-refractivity contribution is 6.06. The Labute approximate surface area is 163 Å².